The van der Waals surface area contributed by atoms with Crippen LogP contribution in [-0.2, 0) is 6.18 Å². The molecule has 1 aromatic carbocycles. The first-order valence-corrected chi connectivity index (χ1v) is 6.38. The van der Waals surface area contributed by atoms with Crippen LogP contribution in [0.3, 0.4) is 0 Å². The molecule has 0 saturated carbocycles. The molecule has 1 atom stereocenters. The standard InChI is InChI=1S/C14H19F3N2O/c1-5-9(2)19(4)13(20)10-6-7-12(18-3)11(8-10)14(15,16)17/h6-9,18H,5H2,1-4H3. The van der Waals surface area contributed by atoms with Gasteiger partial charge in [0.2, 0.25) is 0 Å². The molecule has 0 aliphatic rings. The first kappa shape index (κ1) is 16.3. The number of anilines is 1. The van der Waals surface area contributed by atoms with Crippen LogP contribution in [0.25, 0.3) is 0 Å². The Hall–Kier alpha value is -1.72. The minimum atomic E-state index is -4.50. The van der Waals surface area contributed by atoms with Crippen molar-refractivity contribution in [3.05, 3.63) is 29.3 Å². The Morgan fingerprint density at radius 1 is 1.40 bits per heavy atom. The Kier molecular flexibility index (Phi) is 5.03. The van der Waals surface area contributed by atoms with Gasteiger partial charge < -0.3 is 10.2 Å². The van der Waals surface area contributed by atoms with Gasteiger partial charge in [-0.3, -0.25) is 4.79 Å². The summed E-state index contributed by atoms with van der Waals surface area (Å²) in [7, 11) is 3.01. The average Bonchev–Trinajstić information content (AvgIpc) is 2.43. The van der Waals surface area contributed by atoms with Gasteiger partial charge in [-0.1, -0.05) is 6.92 Å². The minimum absolute atomic E-state index is 0.0270. The van der Waals surface area contributed by atoms with Crippen molar-refractivity contribution in [1.29, 1.82) is 0 Å². The normalized spacial score (nSPS) is 12.9. The second kappa shape index (κ2) is 6.15. The number of carbonyl (C=O) groups is 1. The van der Waals surface area contributed by atoms with Crippen LogP contribution in [0.1, 0.15) is 36.2 Å². The third-order valence-electron chi connectivity index (χ3n) is 3.41. The molecule has 0 aliphatic carbocycles. The summed E-state index contributed by atoms with van der Waals surface area (Å²) in [6.45, 7) is 3.77. The number of nitrogens with one attached hydrogen (secondary N) is 1. The van der Waals surface area contributed by atoms with Crippen LogP contribution >= 0.6 is 0 Å². The molecule has 0 radical (unpaired) electrons. The number of hydrogen-bond donors (Lipinski definition) is 1. The third-order valence-corrected chi connectivity index (χ3v) is 3.41. The van der Waals surface area contributed by atoms with Crippen molar-refractivity contribution in [2.24, 2.45) is 0 Å². The fourth-order valence-corrected chi connectivity index (χ4v) is 1.81. The zero-order chi connectivity index (χ0) is 15.5. The second-order valence-electron chi connectivity index (χ2n) is 4.68. The maximum Gasteiger partial charge on any atom is 0.418 e. The fraction of sp³-hybridized carbons (Fsp3) is 0.500. The van der Waals surface area contributed by atoms with Crippen LogP contribution in [-0.4, -0.2) is 30.9 Å². The first-order valence-electron chi connectivity index (χ1n) is 6.38. The summed E-state index contributed by atoms with van der Waals surface area (Å²) in [6.07, 6.45) is -3.76. The van der Waals surface area contributed by atoms with Gasteiger partial charge in [0.25, 0.3) is 5.91 Å². The molecule has 20 heavy (non-hydrogen) atoms. The van der Waals surface area contributed by atoms with E-state index in [1.807, 2.05) is 13.8 Å². The fourth-order valence-electron chi connectivity index (χ4n) is 1.81. The molecule has 1 N–H and O–H groups in total. The molecule has 0 aromatic heterocycles. The van der Waals surface area contributed by atoms with E-state index < -0.39 is 17.6 Å². The highest BCUT2D eigenvalue weighted by Gasteiger charge is 2.34. The summed E-state index contributed by atoms with van der Waals surface area (Å²) in [5.74, 6) is -0.410. The third kappa shape index (κ3) is 3.43. The van der Waals surface area contributed by atoms with Crippen LogP contribution in [0.2, 0.25) is 0 Å². The molecular formula is C14H19F3N2O. The van der Waals surface area contributed by atoms with Crippen LogP contribution in [0, 0.1) is 0 Å². The highest BCUT2D eigenvalue weighted by atomic mass is 19.4. The Balaban J connectivity index is 3.18. The number of hydrogen-bond acceptors (Lipinski definition) is 2. The summed E-state index contributed by atoms with van der Waals surface area (Å²) >= 11 is 0. The van der Waals surface area contributed by atoms with E-state index in [1.54, 1.807) is 7.05 Å². The lowest BCUT2D eigenvalue weighted by molar-refractivity contribution is -0.136. The van der Waals surface area contributed by atoms with Gasteiger partial charge in [0, 0.05) is 31.4 Å². The van der Waals surface area contributed by atoms with Gasteiger partial charge in [-0.25, -0.2) is 0 Å². The van der Waals surface area contributed by atoms with E-state index in [1.165, 1.54) is 24.1 Å². The van der Waals surface area contributed by atoms with Gasteiger partial charge in [-0.05, 0) is 31.5 Å². The van der Waals surface area contributed by atoms with Gasteiger partial charge in [0.15, 0.2) is 0 Å². The van der Waals surface area contributed by atoms with Gasteiger partial charge in [-0.15, -0.1) is 0 Å². The first-order chi connectivity index (χ1) is 9.22. The molecule has 1 rings (SSSR count). The Labute approximate surface area is 116 Å². The SMILES string of the molecule is CCC(C)N(C)C(=O)c1ccc(NC)c(C(F)(F)F)c1. The van der Waals surface area contributed by atoms with Crippen molar-refractivity contribution in [1.82, 2.24) is 4.90 Å². The lowest BCUT2D eigenvalue weighted by Gasteiger charge is -2.24. The molecule has 112 valence electrons. The van der Waals surface area contributed by atoms with Crippen molar-refractivity contribution in [3.8, 4) is 0 Å². The van der Waals surface area contributed by atoms with E-state index in [0.717, 1.165) is 12.5 Å². The molecule has 3 nitrogen and oxygen atoms in total. The van der Waals surface area contributed by atoms with Gasteiger partial charge in [-0.2, -0.15) is 13.2 Å². The zero-order valence-corrected chi connectivity index (χ0v) is 12.0. The largest absolute Gasteiger partial charge is 0.418 e. The molecule has 0 spiro atoms. The summed E-state index contributed by atoms with van der Waals surface area (Å²) < 4.78 is 38.8. The van der Waals surface area contributed by atoms with Crippen molar-refractivity contribution in [2.45, 2.75) is 32.5 Å². The highest BCUT2D eigenvalue weighted by Crippen LogP contribution is 2.35. The number of rotatable bonds is 4. The minimum Gasteiger partial charge on any atom is -0.388 e. The number of benzene rings is 1. The zero-order valence-electron chi connectivity index (χ0n) is 12.0. The molecule has 0 saturated heterocycles. The molecule has 1 amide bonds. The molecule has 0 bridgehead atoms. The molecule has 1 unspecified atom stereocenters. The maximum absolute atomic E-state index is 12.9. The summed E-state index contributed by atoms with van der Waals surface area (Å²) in [6, 6.07) is 3.55. The van der Waals surface area contributed by atoms with Crippen LogP contribution in [0.15, 0.2) is 18.2 Å². The monoisotopic (exact) mass is 288 g/mol. The Morgan fingerprint density at radius 3 is 2.45 bits per heavy atom. The molecule has 1 aromatic rings. The maximum atomic E-state index is 12.9. The quantitative estimate of drug-likeness (QED) is 0.917. The number of carbonyl (C=O) groups excluding carboxylic acids is 1. The van der Waals surface area contributed by atoms with Crippen molar-refractivity contribution < 1.29 is 18.0 Å². The predicted octanol–water partition coefficient (Wildman–Crippen LogP) is 3.62. The number of amides is 1. The lowest BCUT2D eigenvalue weighted by atomic mass is 10.1. The van der Waals surface area contributed by atoms with Crippen molar-refractivity contribution in [3.63, 3.8) is 0 Å². The number of alkyl halides is 3. The van der Waals surface area contributed by atoms with Crippen molar-refractivity contribution >= 4 is 11.6 Å². The summed E-state index contributed by atoms with van der Waals surface area (Å²) in [5.41, 5.74) is -0.831. The molecular weight excluding hydrogens is 269 g/mol. The lowest BCUT2D eigenvalue weighted by Crippen LogP contribution is -2.34. The average molecular weight is 288 g/mol. The van der Waals surface area contributed by atoms with E-state index in [0.29, 0.717) is 0 Å². The van der Waals surface area contributed by atoms with Gasteiger partial charge >= 0.3 is 6.18 Å². The number of halogens is 3. The Morgan fingerprint density at radius 2 is 2.00 bits per heavy atom. The van der Waals surface area contributed by atoms with Crippen molar-refractivity contribution in [2.75, 3.05) is 19.4 Å². The van der Waals surface area contributed by atoms with Crippen LogP contribution in [0.5, 0.6) is 0 Å². The molecule has 0 aliphatic heterocycles. The molecule has 6 heteroatoms. The molecule has 0 heterocycles. The van der Waals surface area contributed by atoms with Crippen LogP contribution < -0.4 is 5.32 Å². The Bertz CT molecular complexity index is 486. The number of nitrogens with zero attached hydrogens (tertiary/aromatic N) is 1. The van der Waals surface area contributed by atoms with E-state index in [4.69, 9.17) is 0 Å². The van der Waals surface area contributed by atoms with Gasteiger partial charge in [0.1, 0.15) is 0 Å². The van der Waals surface area contributed by atoms with Crippen LogP contribution in [0.4, 0.5) is 18.9 Å². The molecule has 0 fully saturated rings. The summed E-state index contributed by atoms with van der Waals surface area (Å²) in [5, 5.41) is 2.49. The smallest absolute Gasteiger partial charge is 0.388 e. The van der Waals surface area contributed by atoms with E-state index in [9.17, 15) is 18.0 Å². The topological polar surface area (TPSA) is 32.3 Å². The van der Waals surface area contributed by atoms with E-state index in [-0.39, 0.29) is 17.3 Å². The predicted molar refractivity (Wildman–Crippen MR) is 72.8 cm³/mol. The summed E-state index contributed by atoms with van der Waals surface area (Å²) in [4.78, 5) is 13.6. The van der Waals surface area contributed by atoms with E-state index >= 15 is 0 Å². The second-order valence-corrected chi connectivity index (χ2v) is 4.68. The van der Waals surface area contributed by atoms with E-state index in [2.05, 4.69) is 5.32 Å². The van der Waals surface area contributed by atoms with Gasteiger partial charge in [0.05, 0.1) is 5.56 Å². The highest BCUT2D eigenvalue weighted by molar-refractivity contribution is 5.95.